The lowest BCUT2D eigenvalue weighted by atomic mass is 10.1. The third-order valence-electron chi connectivity index (χ3n) is 2.04. The van der Waals surface area contributed by atoms with Crippen molar-refractivity contribution in [3.05, 3.63) is 0 Å². The fraction of sp³-hybridized carbons (Fsp3) is 0.900. The van der Waals surface area contributed by atoms with Crippen molar-refractivity contribution in [2.75, 3.05) is 12.4 Å². The van der Waals surface area contributed by atoms with Gasteiger partial charge in [0.25, 0.3) is 0 Å². The first-order valence-corrected chi connectivity index (χ1v) is 6.16. The molecule has 1 nitrogen and oxygen atoms in total. The van der Waals surface area contributed by atoms with E-state index < -0.39 is 18.8 Å². The minimum Gasteiger partial charge on any atom is -0.287 e. The van der Waals surface area contributed by atoms with Gasteiger partial charge in [0.15, 0.2) is 18.0 Å². The number of hydrogen-bond donors (Lipinski definition) is 0. The van der Waals surface area contributed by atoms with Crippen LogP contribution in [0.3, 0.4) is 0 Å². The zero-order valence-electron chi connectivity index (χ0n) is 9.15. The van der Waals surface area contributed by atoms with Crippen LogP contribution in [0.2, 0.25) is 0 Å². The van der Waals surface area contributed by atoms with Crippen LogP contribution in [0.5, 0.6) is 0 Å². The summed E-state index contributed by atoms with van der Waals surface area (Å²) in [6, 6.07) is 0. The standard InChI is InChI=1S/C10H16F4OS/c1-2-9(15)16-6-4-3-5-8(12)10(13,14)7-11/h8H,2-7H2,1H3. The number of carbonyl (C=O) groups excluding carboxylic acids is 1. The number of thioether (sulfide) groups is 1. The van der Waals surface area contributed by atoms with Crippen molar-refractivity contribution in [3.63, 3.8) is 0 Å². The van der Waals surface area contributed by atoms with Gasteiger partial charge in [0.2, 0.25) is 0 Å². The summed E-state index contributed by atoms with van der Waals surface area (Å²) in [5.41, 5.74) is 0. The summed E-state index contributed by atoms with van der Waals surface area (Å²) < 4.78 is 49.3. The van der Waals surface area contributed by atoms with Gasteiger partial charge in [-0.05, 0) is 19.3 Å². The van der Waals surface area contributed by atoms with Gasteiger partial charge in [0, 0.05) is 12.2 Å². The van der Waals surface area contributed by atoms with E-state index in [0.717, 1.165) is 11.8 Å². The zero-order chi connectivity index (χ0) is 12.6. The SMILES string of the molecule is CCC(=O)SCCCCC(F)C(F)(F)CF. The van der Waals surface area contributed by atoms with E-state index in [1.54, 1.807) is 6.92 Å². The first kappa shape index (κ1) is 15.7. The number of alkyl halides is 4. The smallest absolute Gasteiger partial charge is 0.287 e. The summed E-state index contributed by atoms with van der Waals surface area (Å²) in [7, 11) is 0. The average molecular weight is 260 g/mol. The molecule has 0 aliphatic heterocycles. The molecule has 0 fully saturated rings. The van der Waals surface area contributed by atoms with Crippen LogP contribution >= 0.6 is 11.8 Å². The van der Waals surface area contributed by atoms with Crippen LogP contribution in [-0.4, -0.2) is 29.6 Å². The van der Waals surface area contributed by atoms with Crippen LogP contribution in [0.15, 0.2) is 0 Å². The van der Waals surface area contributed by atoms with Gasteiger partial charge in [-0.3, -0.25) is 4.79 Å². The van der Waals surface area contributed by atoms with E-state index in [1.807, 2.05) is 0 Å². The van der Waals surface area contributed by atoms with Crippen molar-refractivity contribution >= 4 is 16.9 Å². The second kappa shape index (κ2) is 7.92. The van der Waals surface area contributed by atoms with Crippen molar-refractivity contribution in [1.82, 2.24) is 0 Å². The predicted molar refractivity (Wildman–Crippen MR) is 57.4 cm³/mol. The Labute approximate surface area is 97.0 Å². The molecular weight excluding hydrogens is 244 g/mol. The van der Waals surface area contributed by atoms with Crippen LogP contribution in [0, 0.1) is 0 Å². The minimum atomic E-state index is -3.87. The van der Waals surface area contributed by atoms with Gasteiger partial charge in [-0.15, -0.1) is 0 Å². The summed E-state index contributed by atoms with van der Waals surface area (Å²) in [5.74, 6) is -3.37. The largest absolute Gasteiger partial charge is 0.306 e. The van der Waals surface area contributed by atoms with Crippen LogP contribution < -0.4 is 0 Å². The molecule has 0 spiro atoms. The minimum absolute atomic E-state index is 0.0332. The molecule has 0 bridgehead atoms. The molecular formula is C10H16F4OS. The van der Waals surface area contributed by atoms with E-state index in [9.17, 15) is 22.4 Å². The Bertz CT molecular complexity index is 211. The lowest BCUT2D eigenvalue weighted by Crippen LogP contribution is -2.32. The molecule has 0 amide bonds. The first-order chi connectivity index (χ1) is 7.44. The molecule has 0 rings (SSSR count). The highest BCUT2D eigenvalue weighted by atomic mass is 32.2. The Kier molecular flexibility index (Phi) is 7.80. The molecule has 0 N–H and O–H groups in total. The van der Waals surface area contributed by atoms with Gasteiger partial charge < -0.3 is 0 Å². The Morgan fingerprint density at radius 3 is 2.50 bits per heavy atom. The molecule has 0 aromatic heterocycles. The van der Waals surface area contributed by atoms with E-state index in [2.05, 4.69) is 0 Å². The van der Waals surface area contributed by atoms with E-state index in [1.165, 1.54) is 0 Å². The molecule has 0 radical (unpaired) electrons. The van der Waals surface area contributed by atoms with Gasteiger partial charge in [0.1, 0.15) is 0 Å². The van der Waals surface area contributed by atoms with Gasteiger partial charge in [-0.2, -0.15) is 0 Å². The molecule has 0 aromatic carbocycles. The summed E-state index contributed by atoms with van der Waals surface area (Å²) in [4.78, 5) is 10.8. The molecule has 0 heterocycles. The molecule has 0 aliphatic rings. The molecule has 16 heavy (non-hydrogen) atoms. The molecule has 0 saturated carbocycles. The van der Waals surface area contributed by atoms with Gasteiger partial charge in [0.05, 0.1) is 0 Å². The highest BCUT2D eigenvalue weighted by Gasteiger charge is 2.39. The van der Waals surface area contributed by atoms with Crippen molar-refractivity contribution in [3.8, 4) is 0 Å². The predicted octanol–water partition coefficient (Wildman–Crippen LogP) is 3.77. The fourth-order valence-electron chi connectivity index (χ4n) is 1.01. The first-order valence-electron chi connectivity index (χ1n) is 5.17. The highest BCUT2D eigenvalue weighted by Crippen LogP contribution is 2.26. The number of rotatable bonds is 8. The summed E-state index contributed by atoms with van der Waals surface area (Å²) in [5, 5.41) is 0.0332. The third kappa shape index (κ3) is 6.35. The molecule has 96 valence electrons. The maximum atomic E-state index is 12.8. The third-order valence-corrected chi connectivity index (χ3v) is 3.14. The van der Waals surface area contributed by atoms with Crippen LogP contribution in [0.25, 0.3) is 0 Å². The monoisotopic (exact) mass is 260 g/mol. The van der Waals surface area contributed by atoms with Gasteiger partial charge in [-0.25, -0.2) is 17.6 Å². The number of hydrogen-bond acceptors (Lipinski definition) is 2. The van der Waals surface area contributed by atoms with Crippen LogP contribution in [0.1, 0.15) is 32.6 Å². The summed E-state index contributed by atoms with van der Waals surface area (Å²) >= 11 is 1.12. The van der Waals surface area contributed by atoms with Gasteiger partial charge in [-0.1, -0.05) is 18.7 Å². The van der Waals surface area contributed by atoms with Gasteiger partial charge >= 0.3 is 5.92 Å². The topological polar surface area (TPSA) is 17.1 Å². The molecule has 0 saturated heterocycles. The van der Waals surface area contributed by atoms with Crippen LogP contribution in [-0.2, 0) is 4.79 Å². The second-order valence-electron chi connectivity index (χ2n) is 3.43. The van der Waals surface area contributed by atoms with Crippen molar-refractivity contribution in [2.45, 2.75) is 44.7 Å². The van der Waals surface area contributed by atoms with Crippen molar-refractivity contribution in [1.29, 1.82) is 0 Å². The highest BCUT2D eigenvalue weighted by molar-refractivity contribution is 8.13. The van der Waals surface area contributed by atoms with E-state index >= 15 is 0 Å². The van der Waals surface area contributed by atoms with Crippen molar-refractivity contribution in [2.24, 2.45) is 0 Å². The summed E-state index contributed by atoms with van der Waals surface area (Å²) in [6.07, 6.45) is -1.64. The summed E-state index contributed by atoms with van der Waals surface area (Å²) in [6.45, 7) is -0.230. The van der Waals surface area contributed by atoms with Crippen LogP contribution in [0.4, 0.5) is 17.6 Å². The molecule has 1 unspecified atom stereocenters. The van der Waals surface area contributed by atoms with E-state index in [0.29, 0.717) is 18.6 Å². The average Bonchev–Trinajstić information content (AvgIpc) is 2.27. The maximum Gasteiger partial charge on any atom is 0.306 e. The van der Waals surface area contributed by atoms with Crippen molar-refractivity contribution < 1.29 is 22.4 Å². The lowest BCUT2D eigenvalue weighted by molar-refractivity contribution is -0.110. The number of unbranched alkanes of at least 4 members (excludes halogenated alkanes) is 1. The molecule has 0 aromatic rings. The molecule has 6 heteroatoms. The second-order valence-corrected chi connectivity index (χ2v) is 4.58. The molecule has 1 atom stereocenters. The number of halogens is 4. The fourth-order valence-corrected chi connectivity index (χ4v) is 1.79. The van der Waals surface area contributed by atoms with E-state index in [-0.39, 0.29) is 18.0 Å². The Morgan fingerprint density at radius 1 is 1.38 bits per heavy atom. The Balaban J connectivity index is 3.56. The maximum absolute atomic E-state index is 12.8. The number of carbonyl (C=O) groups is 1. The Morgan fingerprint density at radius 2 is 2.00 bits per heavy atom. The zero-order valence-corrected chi connectivity index (χ0v) is 9.96. The lowest BCUT2D eigenvalue weighted by Gasteiger charge is -2.16. The Hall–Kier alpha value is -0.260. The molecule has 0 aliphatic carbocycles. The van der Waals surface area contributed by atoms with E-state index in [4.69, 9.17) is 0 Å². The quantitative estimate of drug-likeness (QED) is 0.488. The normalized spacial score (nSPS) is 13.8.